The Morgan fingerprint density at radius 2 is 1.52 bits per heavy atom. The molecule has 0 atom stereocenters. The Balaban J connectivity index is 1.39. The summed E-state index contributed by atoms with van der Waals surface area (Å²) in [5.74, 6) is 0. The van der Waals surface area contributed by atoms with Crippen molar-refractivity contribution < 1.29 is 0 Å². The van der Waals surface area contributed by atoms with Crippen molar-refractivity contribution >= 4 is 10.8 Å². The molecule has 0 saturated carbocycles. The van der Waals surface area contributed by atoms with E-state index in [0.29, 0.717) is 0 Å². The molecule has 2 aromatic carbocycles. The van der Waals surface area contributed by atoms with Crippen molar-refractivity contribution in [3.05, 3.63) is 48.0 Å². The molecule has 0 radical (unpaired) electrons. The molecule has 2 heteroatoms. The van der Waals surface area contributed by atoms with E-state index in [-0.39, 0.29) is 0 Å². The first-order chi connectivity index (χ1) is 11.4. The molecule has 4 rings (SSSR count). The molecular weight excluding hydrogens is 280 g/mol. The average molecular weight is 308 g/mol. The molecule has 0 bridgehead atoms. The van der Waals surface area contributed by atoms with Crippen molar-refractivity contribution in [3.8, 4) is 0 Å². The fourth-order valence-electron chi connectivity index (χ4n) is 4.40. The molecule has 2 heterocycles. The number of nitrogens with zero attached hydrogens (tertiary/aromatic N) is 2. The van der Waals surface area contributed by atoms with E-state index < -0.39 is 0 Å². The van der Waals surface area contributed by atoms with Gasteiger partial charge in [0.1, 0.15) is 0 Å². The number of fused-ring (bicyclic) bond motifs is 1. The summed E-state index contributed by atoms with van der Waals surface area (Å²) in [6.45, 7) is 6.30. The van der Waals surface area contributed by atoms with Crippen LogP contribution >= 0.6 is 0 Å². The zero-order valence-corrected chi connectivity index (χ0v) is 14.1. The fourth-order valence-corrected chi connectivity index (χ4v) is 4.40. The number of hydrogen-bond donors (Lipinski definition) is 0. The molecule has 2 saturated heterocycles. The van der Waals surface area contributed by atoms with Crippen molar-refractivity contribution in [2.45, 2.75) is 44.7 Å². The lowest BCUT2D eigenvalue weighted by molar-refractivity contribution is 0.0898. The van der Waals surface area contributed by atoms with Crippen LogP contribution in [0.2, 0.25) is 0 Å². The molecule has 23 heavy (non-hydrogen) atoms. The van der Waals surface area contributed by atoms with Crippen LogP contribution < -0.4 is 0 Å². The van der Waals surface area contributed by atoms with Crippen molar-refractivity contribution in [1.82, 2.24) is 9.80 Å². The normalized spacial score (nSPS) is 21.7. The summed E-state index contributed by atoms with van der Waals surface area (Å²) in [4.78, 5) is 5.42. The van der Waals surface area contributed by atoms with E-state index in [0.717, 1.165) is 12.6 Å². The highest BCUT2D eigenvalue weighted by molar-refractivity contribution is 5.85. The van der Waals surface area contributed by atoms with Gasteiger partial charge in [-0.1, -0.05) is 48.9 Å². The molecule has 0 amide bonds. The lowest BCUT2D eigenvalue weighted by atomic mass is 9.98. The van der Waals surface area contributed by atoms with Crippen LogP contribution in [0.3, 0.4) is 0 Å². The van der Waals surface area contributed by atoms with Gasteiger partial charge in [0.15, 0.2) is 0 Å². The summed E-state index contributed by atoms with van der Waals surface area (Å²) in [5, 5.41) is 2.79. The largest absolute Gasteiger partial charge is 0.300 e. The highest BCUT2D eigenvalue weighted by Crippen LogP contribution is 2.24. The Kier molecular flexibility index (Phi) is 4.63. The van der Waals surface area contributed by atoms with Crippen LogP contribution in [-0.2, 0) is 6.54 Å². The second-order valence-corrected chi connectivity index (χ2v) is 7.24. The van der Waals surface area contributed by atoms with Gasteiger partial charge < -0.3 is 4.90 Å². The Morgan fingerprint density at radius 1 is 0.783 bits per heavy atom. The molecule has 2 aliphatic heterocycles. The maximum absolute atomic E-state index is 2.76. The fraction of sp³-hybridized carbons (Fsp3) is 0.524. The molecule has 0 aromatic heterocycles. The quantitative estimate of drug-likeness (QED) is 0.834. The van der Waals surface area contributed by atoms with Crippen LogP contribution in [0.15, 0.2) is 42.5 Å². The lowest BCUT2D eigenvalue weighted by Crippen LogP contribution is -2.46. The molecule has 2 fully saturated rings. The van der Waals surface area contributed by atoms with E-state index in [2.05, 4.69) is 52.3 Å². The van der Waals surface area contributed by atoms with Crippen LogP contribution in [-0.4, -0.2) is 42.0 Å². The Hall–Kier alpha value is -1.38. The van der Waals surface area contributed by atoms with Crippen LogP contribution in [0.4, 0.5) is 0 Å². The third-order valence-electron chi connectivity index (χ3n) is 5.74. The first kappa shape index (κ1) is 15.2. The minimum Gasteiger partial charge on any atom is -0.300 e. The van der Waals surface area contributed by atoms with E-state index >= 15 is 0 Å². The SMILES string of the molecule is c1ccc2c(CN3CCC(N4CCCCC4)CC3)cccc2c1. The van der Waals surface area contributed by atoms with Gasteiger partial charge >= 0.3 is 0 Å². The van der Waals surface area contributed by atoms with Crippen LogP contribution in [0.5, 0.6) is 0 Å². The van der Waals surface area contributed by atoms with Gasteiger partial charge in [-0.2, -0.15) is 0 Å². The molecular formula is C21H28N2. The van der Waals surface area contributed by atoms with E-state index in [1.54, 1.807) is 0 Å². The summed E-state index contributed by atoms with van der Waals surface area (Å²) in [6.07, 6.45) is 6.97. The summed E-state index contributed by atoms with van der Waals surface area (Å²) >= 11 is 0. The molecule has 2 nitrogen and oxygen atoms in total. The van der Waals surface area contributed by atoms with E-state index in [1.165, 1.54) is 74.6 Å². The first-order valence-electron chi connectivity index (χ1n) is 9.33. The van der Waals surface area contributed by atoms with Crippen LogP contribution in [0, 0.1) is 0 Å². The van der Waals surface area contributed by atoms with Gasteiger partial charge in [-0.15, -0.1) is 0 Å². The minimum absolute atomic E-state index is 0.846. The number of piperidine rings is 2. The molecule has 2 aliphatic rings. The monoisotopic (exact) mass is 308 g/mol. The van der Waals surface area contributed by atoms with Gasteiger partial charge in [-0.25, -0.2) is 0 Å². The Bertz CT molecular complexity index is 632. The minimum atomic E-state index is 0.846. The molecule has 0 unspecified atom stereocenters. The molecule has 0 aliphatic carbocycles. The highest BCUT2D eigenvalue weighted by atomic mass is 15.2. The average Bonchev–Trinajstić information content (AvgIpc) is 2.63. The maximum Gasteiger partial charge on any atom is 0.0239 e. The van der Waals surface area contributed by atoms with Gasteiger partial charge in [-0.3, -0.25) is 4.90 Å². The van der Waals surface area contributed by atoms with Crippen molar-refractivity contribution in [2.75, 3.05) is 26.2 Å². The van der Waals surface area contributed by atoms with Gasteiger partial charge in [0, 0.05) is 12.6 Å². The number of benzene rings is 2. The third-order valence-corrected chi connectivity index (χ3v) is 5.74. The standard InChI is InChI=1S/C21H28N2/c1-4-13-23(14-5-1)20-11-15-22(16-12-20)17-19-9-6-8-18-7-2-3-10-21(18)19/h2-3,6-10,20H,1,4-5,11-17H2. The second kappa shape index (κ2) is 7.02. The van der Waals surface area contributed by atoms with Gasteiger partial charge in [0.05, 0.1) is 0 Å². The molecule has 0 N–H and O–H groups in total. The zero-order chi connectivity index (χ0) is 15.5. The van der Waals surface area contributed by atoms with E-state index in [4.69, 9.17) is 0 Å². The predicted octanol–water partition coefficient (Wildman–Crippen LogP) is 4.29. The zero-order valence-electron chi connectivity index (χ0n) is 14.1. The summed E-state index contributed by atoms with van der Waals surface area (Å²) < 4.78 is 0. The molecule has 122 valence electrons. The topological polar surface area (TPSA) is 6.48 Å². The number of hydrogen-bond acceptors (Lipinski definition) is 2. The first-order valence-corrected chi connectivity index (χ1v) is 9.33. The van der Waals surface area contributed by atoms with Crippen molar-refractivity contribution in [1.29, 1.82) is 0 Å². The van der Waals surface area contributed by atoms with E-state index in [9.17, 15) is 0 Å². The van der Waals surface area contributed by atoms with Gasteiger partial charge in [0.25, 0.3) is 0 Å². The summed E-state index contributed by atoms with van der Waals surface area (Å²) in [6, 6.07) is 16.4. The summed E-state index contributed by atoms with van der Waals surface area (Å²) in [7, 11) is 0. The predicted molar refractivity (Wildman–Crippen MR) is 97.7 cm³/mol. The Morgan fingerprint density at radius 3 is 2.35 bits per heavy atom. The second-order valence-electron chi connectivity index (χ2n) is 7.24. The smallest absolute Gasteiger partial charge is 0.0239 e. The lowest BCUT2D eigenvalue weighted by Gasteiger charge is -2.40. The Labute approximate surface area is 140 Å². The maximum atomic E-state index is 2.76. The van der Waals surface area contributed by atoms with Gasteiger partial charge in [-0.05, 0) is 68.2 Å². The molecule has 2 aromatic rings. The highest BCUT2D eigenvalue weighted by Gasteiger charge is 2.25. The van der Waals surface area contributed by atoms with Crippen molar-refractivity contribution in [3.63, 3.8) is 0 Å². The van der Waals surface area contributed by atoms with Crippen LogP contribution in [0.25, 0.3) is 10.8 Å². The van der Waals surface area contributed by atoms with Crippen LogP contribution in [0.1, 0.15) is 37.7 Å². The number of likely N-dealkylation sites (tertiary alicyclic amines) is 2. The van der Waals surface area contributed by atoms with Gasteiger partial charge in [0.2, 0.25) is 0 Å². The third kappa shape index (κ3) is 3.44. The molecule has 0 spiro atoms. The van der Waals surface area contributed by atoms with E-state index in [1.807, 2.05) is 0 Å². The summed E-state index contributed by atoms with van der Waals surface area (Å²) in [5.41, 5.74) is 1.49. The van der Waals surface area contributed by atoms with Crippen molar-refractivity contribution in [2.24, 2.45) is 0 Å². The number of rotatable bonds is 3.